The van der Waals surface area contributed by atoms with Crippen molar-refractivity contribution in [2.75, 3.05) is 13.9 Å². The van der Waals surface area contributed by atoms with Gasteiger partial charge in [0.05, 0.1) is 28.7 Å². The van der Waals surface area contributed by atoms with Crippen LogP contribution in [0.2, 0.25) is 5.02 Å². The molecule has 220 valence electrons. The van der Waals surface area contributed by atoms with Crippen LogP contribution in [0.3, 0.4) is 0 Å². The summed E-state index contributed by atoms with van der Waals surface area (Å²) in [5.41, 5.74) is 1.88. The second-order valence-electron chi connectivity index (χ2n) is 9.75. The molecule has 3 aromatic heterocycles. The molecule has 43 heavy (non-hydrogen) atoms. The number of fused-ring (bicyclic) bond motifs is 3. The molecule has 0 bridgehead atoms. The van der Waals surface area contributed by atoms with E-state index in [9.17, 15) is 14.4 Å². The minimum Gasteiger partial charge on any atom is -0.497 e. The van der Waals surface area contributed by atoms with Crippen LogP contribution in [-0.2, 0) is 23.6 Å². The number of amides is 1. The zero-order valence-electron chi connectivity index (χ0n) is 23.0. The molecule has 0 unspecified atom stereocenters. The van der Waals surface area contributed by atoms with Crippen molar-refractivity contribution < 1.29 is 19.0 Å². The van der Waals surface area contributed by atoms with Crippen molar-refractivity contribution >= 4 is 45.8 Å². The summed E-state index contributed by atoms with van der Waals surface area (Å²) in [5.74, 6) is 1.91. The summed E-state index contributed by atoms with van der Waals surface area (Å²) in [6, 6.07) is 15.6. The summed E-state index contributed by atoms with van der Waals surface area (Å²) in [4.78, 5) is 48.3. The first-order chi connectivity index (χ1) is 20.9. The Kier molecular flexibility index (Phi) is 8.21. The second-order valence-corrected chi connectivity index (χ2v) is 11.1. The average Bonchev–Trinajstić information content (AvgIpc) is 3.47. The van der Waals surface area contributed by atoms with Gasteiger partial charge in [0.1, 0.15) is 11.4 Å². The summed E-state index contributed by atoms with van der Waals surface area (Å²) in [5, 5.41) is 4.17. The molecule has 4 heterocycles. The molecule has 0 atom stereocenters. The zero-order chi connectivity index (χ0) is 29.9. The van der Waals surface area contributed by atoms with Gasteiger partial charge in [-0.1, -0.05) is 35.5 Å². The number of aromatic nitrogens is 4. The molecular weight excluding hydrogens is 594 g/mol. The van der Waals surface area contributed by atoms with Crippen LogP contribution in [0, 0.1) is 0 Å². The molecule has 0 radical (unpaired) electrons. The van der Waals surface area contributed by atoms with E-state index in [1.54, 1.807) is 35.9 Å². The quantitative estimate of drug-likeness (QED) is 0.181. The van der Waals surface area contributed by atoms with E-state index < -0.39 is 0 Å². The number of carbonyl (C=O) groups is 1. The van der Waals surface area contributed by atoms with Crippen LogP contribution in [0.4, 0.5) is 0 Å². The van der Waals surface area contributed by atoms with Gasteiger partial charge in [-0.25, -0.2) is 9.97 Å². The van der Waals surface area contributed by atoms with E-state index in [1.165, 1.54) is 28.4 Å². The molecule has 1 N–H and O–H groups in total. The van der Waals surface area contributed by atoms with Crippen molar-refractivity contribution in [2.45, 2.75) is 36.8 Å². The lowest BCUT2D eigenvalue weighted by Gasteiger charge is -2.14. The maximum absolute atomic E-state index is 13.7. The Bertz CT molecular complexity index is 1960. The van der Waals surface area contributed by atoms with Gasteiger partial charge in [0.2, 0.25) is 12.7 Å². The molecular formula is C30H26ClN5O6S. The third-order valence-corrected chi connectivity index (χ3v) is 8.11. The van der Waals surface area contributed by atoms with Crippen LogP contribution in [0.1, 0.15) is 24.1 Å². The highest BCUT2D eigenvalue weighted by atomic mass is 35.5. The Labute approximate surface area is 254 Å². The predicted octanol–water partition coefficient (Wildman–Crippen LogP) is 4.18. The van der Waals surface area contributed by atoms with Gasteiger partial charge in [-0.3, -0.25) is 23.4 Å². The molecule has 1 amide bonds. The molecule has 11 nitrogen and oxygen atoms in total. The van der Waals surface area contributed by atoms with Gasteiger partial charge in [-0.15, -0.1) is 0 Å². The number of methoxy groups -OCH3 is 1. The SMILES string of the molecule is COc1ccc(CNC(=O)CCCn2c(SCc3cc(=O)n4cc(Cl)ccc4n3)nc3cc4c(cc3c2=O)OCO4)cc1. The van der Waals surface area contributed by atoms with Crippen LogP contribution in [0.5, 0.6) is 17.2 Å². The maximum atomic E-state index is 13.7. The minimum absolute atomic E-state index is 0.0709. The summed E-state index contributed by atoms with van der Waals surface area (Å²) in [6.45, 7) is 0.724. The van der Waals surface area contributed by atoms with E-state index in [0.29, 0.717) is 62.6 Å². The molecule has 5 aromatic rings. The largest absolute Gasteiger partial charge is 0.497 e. The first-order valence-electron chi connectivity index (χ1n) is 13.4. The van der Waals surface area contributed by atoms with Gasteiger partial charge in [0.25, 0.3) is 11.1 Å². The fraction of sp³-hybridized carbons (Fsp3) is 0.233. The summed E-state index contributed by atoms with van der Waals surface area (Å²) < 4.78 is 19.1. The number of hydrogen-bond donors (Lipinski definition) is 1. The highest BCUT2D eigenvalue weighted by Crippen LogP contribution is 2.35. The summed E-state index contributed by atoms with van der Waals surface area (Å²) >= 11 is 7.31. The third-order valence-electron chi connectivity index (χ3n) is 6.87. The van der Waals surface area contributed by atoms with Crippen molar-refractivity contribution in [3.8, 4) is 17.2 Å². The van der Waals surface area contributed by atoms with E-state index in [-0.39, 0.29) is 36.8 Å². The standard InChI is InChI=1S/C30H26ClN5O6S/c1-40-21-7-4-18(5-8-21)14-32-27(37)3-2-10-35-29(39)22-12-24-25(42-17-41-24)13-23(22)34-30(35)43-16-20-11-28(38)36-15-19(31)6-9-26(36)33-20/h4-9,11-13,15H,2-3,10,14,16-17H2,1H3,(H,32,37). The Hall–Kier alpha value is -4.55. The Morgan fingerprint density at radius 3 is 2.65 bits per heavy atom. The minimum atomic E-state index is -0.264. The number of nitrogens with one attached hydrogen (secondary N) is 1. The van der Waals surface area contributed by atoms with E-state index in [0.717, 1.165) is 11.3 Å². The van der Waals surface area contributed by atoms with Crippen LogP contribution >= 0.6 is 23.4 Å². The van der Waals surface area contributed by atoms with Crippen LogP contribution in [-0.4, -0.2) is 38.7 Å². The maximum Gasteiger partial charge on any atom is 0.262 e. The number of thioether (sulfide) groups is 1. The van der Waals surface area contributed by atoms with E-state index >= 15 is 0 Å². The highest BCUT2D eigenvalue weighted by Gasteiger charge is 2.20. The fourth-order valence-electron chi connectivity index (χ4n) is 4.67. The lowest BCUT2D eigenvalue weighted by molar-refractivity contribution is -0.121. The topological polar surface area (TPSA) is 126 Å². The average molecular weight is 620 g/mol. The van der Waals surface area contributed by atoms with E-state index in [1.807, 2.05) is 24.3 Å². The molecule has 2 aromatic carbocycles. The Morgan fingerprint density at radius 1 is 1.07 bits per heavy atom. The number of pyridine rings is 1. The van der Waals surface area contributed by atoms with Crippen molar-refractivity contribution in [3.63, 3.8) is 0 Å². The number of carbonyl (C=O) groups excluding carboxylic acids is 1. The van der Waals surface area contributed by atoms with Crippen molar-refractivity contribution in [1.82, 2.24) is 24.3 Å². The smallest absolute Gasteiger partial charge is 0.262 e. The lowest BCUT2D eigenvalue weighted by atomic mass is 10.2. The Balaban J connectivity index is 1.21. The van der Waals surface area contributed by atoms with Crippen molar-refractivity contribution in [3.05, 3.63) is 97.8 Å². The Morgan fingerprint density at radius 2 is 1.86 bits per heavy atom. The number of hydrogen-bond acceptors (Lipinski definition) is 9. The van der Waals surface area contributed by atoms with Gasteiger partial charge >= 0.3 is 0 Å². The summed E-state index contributed by atoms with van der Waals surface area (Å²) in [6.07, 6.45) is 2.15. The molecule has 0 saturated heterocycles. The third kappa shape index (κ3) is 6.30. The molecule has 0 spiro atoms. The number of ether oxygens (including phenoxy) is 3. The number of benzene rings is 2. The fourth-order valence-corrected chi connectivity index (χ4v) is 5.75. The van der Waals surface area contributed by atoms with E-state index in [2.05, 4.69) is 10.3 Å². The highest BCUT2D eigenvalue weighted by molar-refractivity contribution is 7.98. The molecule has 0 aliphatic carbocycles. The first-order valence-corrected chi connectivity index (χ1v) is 14.8. The first kappa shape index (κ1) is 28.6. The number of nitrogens with zero attached hydrogens (tertiary/aromatic N) is 4. The van der Waals surface area contributed by atoms with Crippen LogP contribution in [0.25, 0.3) is 16.6 Å². The van der Waals surface area contributed by atoms with Crippen molar-refractivity contribution in [2.24, 2.45) is 0 Å². The predicted molar refractivity (Wildman–Crippen MR) is 162 cm³/mol. The zero-order valence-corrected chi connectivity index (χ0v) is 24.6. The van der Waals surface area contributed by atoms with Gasteiger partial charge in [0, 0.05) is 43.6 Å². The van der Waals surface area contributed by atoms with Crippen molar-refractivity contribution in [1.29, 1.82) is 0 Å². The molecule has 13 heteroatoms. The van der Waals surface area contributed by atoms with Gasteiger partial charge in [0.15, 0.2) is 16.7 Å². The van der Waals surface area contributed by atoms with E-state index in [4.69, 9.17) is 30.8 Å². The van der Waals surface area contributed by atoms with Gasteiger partial charge in [-0.05, 0) is 42.3 Å². The van der Waals surface area contributed by atoms with Crippen LogP contribution < -0.4 is 30.6 Å². The molecule has 1 aliphatic heterocycles. The van der Waals surface area contributed by atoms with Gasteiger partial charge < -0.3 is 19.5 Å². The van der Waals surface area contributed by atoms with Gasteiger partial charge in [-0.2, -0.15) is 0 Å². The normalized spacial score (nSPS) is 12.1. The lowest BCUT2D eigenvalue weighted by Crippen LogP contribution is -2.26. The molecule has 6 rings (SSSR count). The molecule has 0 saturated carbocycles. The molecule has 1 aliphatic rings. The molecule has 0 fully saturated rings. The summed E-state index contributed by atoms with van der Waals surface area (Å²) in [7, 11) is 1.60. The second kappa shape index (κ2) is 12.4. The van der Waals surface area contributed by atoms with Crippen LogP contribution in [0.15, 0.2) is 75.5 Å². The monoisotopic (exact) mass is 619 g/mol. The number of rotatable bonds is 10. The number of halogens is 1.